The van der Waals surface area contributed by atoms with Crippen molar-refractivity contribution in [2.45, 2.75) is 53.4 Å². The predicted octanol–water partition coefficient (Wildman–Crippen LogP) is 3.06. The standard InChI is InChI=1S/C12H20O2/c1-5-9(11(13)7-3)10(6-2)12(14)8-4/h5-8H2,1-4H3. The van der Waals surface area contributed by atoms with Crippen LogP contribution in [0.3, 0.4) is 0 Å². The molecule has 0 aromatic heterocycles. The lowest BCUT2D eigenvalue weighted by Gasteiger charge is -2.09. The second-order valence-electron chi connectivity index (χ2n) is 3.22. The summed E-state index contributed by atoms with van der Waals surface area (Å²) in [5, 5.41) is 0. The van der Waals surface area contributed by atoms with Gasteiger partial charge in [0.25, 0.3) is 0 Å². The minimum absolute atomic E-state index is 0.117. The van der Waals surface area contributed by atoms with Gasteiger partial charge < -0.3 is 0 Å². The lowest BCUT2D eigenvalue weighted by Crippen LogP contribution is -2.10. The molecule has 14 heavy (non-hydrogen) atoms. The smallest absolute Gasteiger partial charge is 0.158 e. The average Bonchev–Trinajstić information content (AvgIpc) is 2.23. The Balaban J connectivity index is 5.11. The first-order valence-electron chi connectivity index (χ1n) is 5.40. The maximum atomic E-state index is 11.6. The van der Waals surface area contributed by atoms with Gasteiger partial charge >= 0.3 is 0 Å². The van der Waals surface area contributed by atoms with Crippen LogP contribution in [-0.2, 0) is 9.59 Å². The van der Waals surface area contributed by atoms with Crippen molar-refractivity contribution in [3.05, 3.63) is 11.1 Å². The van der Waals surface area contributed by atoms with Gasteiger partial charge in [-0.3, -0.25) is 9.59 Å². The van der Waals surface area contributed by atoms with Crippen molar-refractivity contribution < 1.29 is 9.59 Å². The lowest BCUT2D eigenvalue weighted by atomic mass is 9.94. The topological polar surface area (TPSA) is 34.1 Å². The van der Waals surface area contributed by atoms with Crippen molar-refractivity contribution >= 4 is 11.6 Å². The summed E-state index contributed by atoms with van der Waals surface area (Å²) < 4.78 is 0. The van der Waals surface area contributed by atoms with E-state index in [2.05, 4.69) is 0 Å². The summed E-state index contributed by atoms with van der Waals surface area (Å²) in [6.45, 7) is 7.53. The van der Waals surface area contributed by atoms with E-state index >= 15 is 0 Å². The molecule has 0 aromatic carbocycles. The van der Waals surface area contributed by atoms with Crippen LogP contribution in [0.25, 0.3) is 0 Å². The van der Waals surface area contributed by atoms with Crippen LogP contribution in [0.4, 0.5) is 0 Å². The van der Waals surface area contributed by atoms with Crippen LogP contribution in [0.1, 0.15) is 53.4 Å². The van der Waals surface area contributed by atoms with E-state index in [1.54, 1.807) is 0 Å². The summed E-state index contributed by atoms with van der Waals surface area (Å²) in [6.07, 6.45) is 2.32. The molecule has 80 valence electrons. The number of ketones is 2. The molecule has 0 aromatic rings. The molecule has 0 heterocycles. The van der Waals surface area contributed by atoms with Crippen LogP contribution in [0, 0.1) is 0 Å². The molecule has 0 fully saturated rings. The molecule has 0 aliphatic heterocycles. The third-order valence-electron chi connectivity index (χ3n) is 2.39. The van der Waals surface area contributed by atoms with Crippen molar-refractivity contribution in [3.63, 3.8) is 0 Å². The van der Waals surface area contributed by atoms with Gasteiger partial charge in [0.1, 0.15) is 0 Å². The SMILES string of the molecule is CCC(=O)C(CC)=C(CC)C(=O)CC. The van der Waals surface area contributed by atoms with E-state index in [1.165, 1.54) is 0 Å². The summed E-state index contributed by atoms with van der Waals surface area (Å²) in [4.78, 5) is 23.1. The Morgan fingerprint density at radius 3 is 1.07 bits per heavy atom. The Morgan fingerprint density at radius 2 is 0.929 bits per heavy atom. The number of hydrogen-bond acceptors (Lipinski definition) is 2. The summed E-state index contributed by atoms with van der Waals surface area (Å²) in [7, 11) is 0. The Bertz CT molecular complexity index is 223. The zero-order chi connectivity index (χ0) is 11.1. The molecule has 0 bridgehead atoms. The number of carbonyl (C=O) groups is 2. The molecule has 2 heteroatoms. The van der Waals surface area contributed by atoms with Gasteiger partial charge in [-0.1, -0.05) is 27.7 Å². The molecule has 0 radical (unpaired) electrons. The van der Waals surface area contributed by atoms with Crippen LogP contribution < -0.4 is 0 Å². The van der Waals surface area contributed by atoms with Crippen molar-refractivity contribution in [2.75, 3.05) is 0 Å². The molecule has 0 amide bonds. The monoisotopic (exact) mass is 196 g/mol. The summed E-state index contributed by atoms with van der Waals surface area (Å²) >= 11 is 0. The van der Waals surface area contributed by atoms with Crippen LogP contribution in [0.15, 0.2) is 11.1 Å². The molecule has 0 atom stereocenters. The first kappa shape index (κ1) is 13.1. The van der Waals surface area contributed by atoms with E-state index < -0.39 is 0 Å². The van der Waals surface area contributed by atoms with E-state index in [0.717, 1.165) is 11.1 Å². The highest BCUT2D eigenvalue weighted by Gasteiger charge is 2.15. The van der Waals surface area contributed by atoms with Gasteiger partial charge in [0.2, 0.25) is 0 Å². The van der Waals surface area contributed by atoms with E-state index in [1.807, 2.05) is 27.7 Å². The highest BCUT2D eigenvalue weighted by atomic mass is 16.1. The largest absolute Gasteiger partial charge is 0.295 e. The van der Waals surface area contributed by atoms with E-state index in [-0.39, 0.29) is 11.6 Å². The van der Waals surface area contributed by atoms with Gasteiger partial charge in [0.15, 0.2) is 11.6 Å². The Labute approximate surface area is 86.4 Å². The van der Waals surface area contributed by atoms with E-state index in [0.29, 0.717) is 25.7 Å². The van der Waals surface area contributed by atoms with Crippen LogP contribution >= 0.6 is 0 Å². The molecule has 0 aliphatic carbocycles. The first-order valence-corrected chi connectivity index (χ1v) is 5.40. The second-order valence-corrected chi connectivity index (χ2v) is 3.22. The molecule has 2 nitrogen and oxygen atoms in total. The van der Waals surface area contributed by atoms with Crippen molar-refractivity contribution in [2.24, 2.45) is 0 Å². The molecule has 0 rings (SSSR count). The van der Waals surface area contributed by atoms with Gasteiger partial charge in [-0.15, -0.1) is 0 Å². The summed E-state index contributed by atoms with van der Waals surface area (Å²) in [6, 6.07) is 0. The lowest BCUT2D eigenvalue weighted by molar-refractivity contribution is -0.118. The highest BCUT2D eigenvalue weighted by Crippen LogP contribution is 2.17. The van der Waals surface area contributed by atoms with Crippen LogP contribution in [0.5, 0.6) is 0 Å². The molecule has 0 unspecified atom stereocenters. The van der Waals surface area contributed by atoms with Crippen LogP contribution in [0.2, 0.25) is 0 Å². The molecule has 0 spiro atoms. The molecular weight excluding hydrogens is 176 g/mol. The average molecular weight is 196 g/mol. The van der Waals surface area contributed by atoms with Crippen molar-refractivity contribution in [3.8, 4) is 0 Å². The molecule has 0 aliphatic rings. The summed E-state index contributed by atoms with van der Waals surface area (Å²) in [5.74, 6) is 0.234. The number of allylic oxidation sites excluding steroid dienone is 2. The number of hydrogen-bond donors (Lipinski definition) is 0. The number of rotatable bonds is 6. The minimum Gasteiger partial charge on any atom is -0.295 e. The molecule has 0 saturated carbocycles. The van der Waals surface area contributed by atoms with Gasteiger partial charge in [-0.05, 0) is 12.8 Å². The zero-order valence-electron chi connectivity index (χ0n) is 9.64. The third-order valence-corrected chi connectivity index (χ3v) is 2.39. The van der Waals surface area contributed by atoms with E-state index in [9.17, 15) is 9.59 Å². The molecule has 0 N–H and O–H groups in total. The quantitative estimate of drug-likeness (QED) is 0.612. The summed E-state index contributed by atoms with van der Waals surface area (Å²) in [5.41, 5.74) is 1.48. The fraction of sp³-hybridized carbons (Fsp3) is 0.667. The molecular formula is C12H20O2. The van der Waals surface area contributed by atoms with Crippen molar-refractivity contribution in [1.29, 1.82) is 0 Å². The second kappa shape index (κ2) is 6.52. The number of Topliss-reactive ketones (excluding diaryl/α,β-unsaturated/α-hetero) is 2. The highest BCUT2D eigenvalue weighted by molar-refractivity contribution is 6.06. The Kier molecular flexibility index (Phi) is 6.09. The normalized spacial score (nSPS) is 12.3. The Hall–Kier alpha value is -0.920. The first-order chi connectivity index (χ1) is 6.62. The number of carbonyl (C=O) groups excluding carboxylic acids is 2. The van der Waals surface area contributed by atoms with E-state index in [4.69, 9.17) is 0 Å². The maximum Gasteiger partial charge on any atom is 0.158 e. The van der Waals surface area contributed by atoms with Gasteiger partial charge in [0, 0.05) is 24.0 Å². The Morgan fingerprint density at radius 1 is 0.643 bits per heavy atom. The predicted molar refractivity (Wildman–Crippen MR) is 58.2 cm³/mol. The third kappa shape index (κ3) is 3.09. The maximum absolute atomic E-state index is 11.6. The fourth-order valence-corrected chi connectivity index (χ4v) is 1.58. The molecule has 0 saturated heterocycles. The van der Waals surface area contributed by atoms with Crippen LogP contribution in [-0.4, -0.2) is 11.6 Å². The minimum atomic E-state index is 0.117. The zero-order valence-corrected chi connectivity index (χ0v) is 9.64. The van der Waals surface area contributed by atoms with Gasteiger partial charge in [-0.25, -0.2) is 0 Å². The fourth-order valence-electron chi connectivity index (χ4n) is 1.58. The van der Waals surface area contributed by atoms with Gasteiger partial charge in [-0.2, -0.15) is 0 Å². The van der Waals surface area contributed by atoms with Crippen molar-refractivity contribution in [1.82, 2.24) is 0 Å². The van der Waals surface area contributed by atoms with Gasteiger partial charge in [0.05, 0.1) is 0 Å².